The smallest absolute Gasteiger partial charge is 0.236 e. The summed E-state index contributed by atoms with van der Waals surface area (Å²) in [6.45, 7) is 7.53. The molecule has 0 aliphatic carbocycles. The lowest BCUT2D eigenvalue weighted by Crippen LogP contribution is -2.48. The molecule has 1 N–H and O–H groups in total. The van der Waals surface area contributed by atoms with Gasteiger partial charge in [-0.2, -0.15) is 0 Å². The minimum atomic E-state index is -0.244. The Morgan fingerprint density at radius 1 is 0.950 bits per heavy atom. The van der Waals surface area contributed by atoms with Crippen molar-refractivity contribution in [2.75, 3.05) is 52.9 Å². The van der Waals surface area contributed by atoms with Gasteiger partial charge in [-0.25, -0.2) is 0 Å². The zero-order valence-corrected chi connectivity index (χ0v) is 24.1. The first-order chi connectivity index (χ1) is 19.5. The number of likely N-dealkylation sites (N-methyl/N-ethyl adjacent to an activating group) is 1. The van der Waals surface area contributed by atoms with Crippen molar-refractivity contribution >= 4 is 17.5 Å². The first-order valence-corrected chi connectivity index (χ1v) is 14.9. The van der Waals surface area contributed by atoms with Crippen LogP contribution < -0.4 is 5.32 Å². The van der Waals surface area contributed by atoms with E-state index in [0.29, 0.717) is 24.7 Å². The van der Waals surface area contributed by atoms with Crippen LogP contribution in [0.25, 0.3) is 0 Å². The van der Waals surface area contributed by atoms with E-state index in [1.807, 2.05) is 23.1 Å². The number of rotatable bonds is 7. The molecule has 3 aliphatic heterocycles. The minimum Gasteiger partial charge on any atom is -0.365 e. The average molecular weight is 559 g/mol. The predicted molar refractivity (Wildman–Crippen MR) is 159 cm³/mol. The summed E-state index contributed by atoms with van der Waals surface area (Å²) in [7, 11) is 2.18. The van der Waals surface area contributed by atoms with Crippen LogP contribution in [0.15, 0.2) is 72.8 Å². The number of halogens is 1. The Morgan fingerprint density at radius 3 is 2.50 bits per heavy atom. The number of nitrogens with zero attached hydrogens (tertiary/aromatic N) is 3. The highest BCUT2D eigenvalue weighted by Gasteiger charge is 2.43. The quantitative estimate of drug-likeness (QED) is 0.451. The van der Waals surface area contributed by atoms with Crippen molar-refractivity contribution in [1.82, 2.24) is 20.0 Å². The van der Waals surface area contributed by atoms with E-state index < -0.39 is 0 Å². The molecule has 0 bridgehead atoms. The van der Waals surface area contributed by atoms with Crippen molar-refractivity contribution in [3.8, 4) is 0 Å². The Kier molecular flexibility index (Phi) is 8.24. The Balaban J connectivity index is 1.16. The number of hydrogen-bond donors (Lipinski definition) is 1. The minimum absolute atomic E-state index is 0.129. The average Bonchev–Trinajstić information content (AvgIpc) is 3.33. The van der Waals surface area contributed by atoms with Crippen LogP contribution in [0.3, 0.4) is 0 Å². The van der Waals surface area contributed by atoms with E-state index >= 15 is 0 Å². The van der Waals surface area contributed by atoms with Crippen molar-refractivity contribution in [3.05, 3.63) is 106 Å². The lowest BCUT2D eigenvalue weighted by molar-refractivity contribution is -0.137. The van der Waals surface area contributed by atoms with Gasteiger partial charge in [0.05, 0.1) is 24.8 Å². The Hall–Kier alpha value is -2.74. The SMILES string of the molecule is CN1CCN(Cc2ccccc2C(NCC(=O)N2CCC3(CC2)OCc2ccccc23)c2cccc(Cl)c2)CC1. The maximum Gasteiger partial charge on any atom is 0.236 e. The number of amides is 1. The third-order valence-corrected chi connectivity index (χ3v) is 9.17. The molecule has 1 amide bonds. The summed E-state index contributed by atoms with van der Waals surface area (Å²) >= 11 is 6.44. The first-order valence-electron chi connectivity index (χ1n) is 14.5. The molecule has 210 valence electrons. The van der Waals surface area contributed by atoms with E-state index in [-0.39, 0.29) is 24.1 Å². The molecular formula is C33H39ClN4O2. The molecular weight excluding hydrogens is 520 g/mol. The van der Waals surface area contributed by atoms with E-state index in [0.717, 1.165) is 51.1 Å². The number of piperazine rings is 1. The molecule has 2 fully saturated rings. The summed E-state index contributed by atoms with van der Waals surface area (Å²) in [5.74, 6) is 0.129. The Bertz CT molecular complexity index is 1330. The molecule has 0 saturated carbocycles. The van der Waals surface area contributed by atoms with Crippen LogP contribution in [0.4, 0.5) is 0 Å². The number of ether oxygens (including phenoxy) is 1. The van der Waals surface area contributed by atoms with Crippen molar-refractivity contribution in [2.45, 2.75) is 37.6 Å². The highest BCUT2D eigenvalue weighted by molar-refractivity contribution is 6.30. The fourth-order valence-corrected chi connectivity index (χ4v) is 6.72. The van der Waals surface area contributed by atoms with Crippen LogP contribution in [-0.4, -0.2) is 73.5 Å². The largest absolute Gasteiger partial charge is 0.365 e. The molecule has 3 heterocycles. The molecule has 0 radical (unpaired) electrons. The van der Waals surface area contributed by atoms with E-state index in [2.05, 4.69) is 76.8 Å². The topological polar surface area (TPSA) is 48.0 Å². The van der Waals surface area contributed by atoms with Gasteiger partial charge in [-0.05, 0) is 59.8 Å². The maximum absolute atomic E-state index is 13.5. The van der Waals surface area contributed by atoms with Crippen molar-refractivity contribution in [2.24, 2.45) is 0 Å². The third-order valence-electron chi connectivity index (χ3n) is 8.93. The number of carbonyl (C=O) groups excluding carboxylic acids is 1. The number of benzene rings is 3. The third kappa shape index (κ3) is 5.83. The predicted octanol–water partition coefficient (Wildman–Crippen LogP) is 4.81. The van der Waals surface area contributed by atoms with Gasteiger partial charge in [-0.15, -0.1) is 0 Å². The van der Waals surface area contributed by atoms with Crippen LogP contribution in [-0.2, 0) is 28.3 Å². The molecule has 0 aromatic heterocycles. The second-order valence-corrected chi connectivity index (χ2v) is 11.9. The van der Waals surface area contributed by atoms with Gasteiger partial charge in [0.15, 0.2) is 0 Å². The van der Waals surface area contributed by atoms with Crippen LogP contribution in [0.1, 0.15) is 46.7 Å². The molecule has 3 aromatic carbocycles. The number of piperidine rings is 1. The van der Waals surface area contributed by atoms with Crippen LogP contribution in [0.2, 0.25) is 5.02 Å². The van der Waals surface area contributed by atoms with Gasteiger partial charge in [0.25, 0.3) is 0 Å². The molecule has 3 aliphatic rings. The van der Waals surface area contributed by atoms with Crippen LogP contribution in [0, 0.1) is 0 Å². The van der Waals surface area contributed by atoms with Crippen LogP contribution in [0.5, 0.6) is 0 Å². The monoisotopic (exact) mass is 558 g/mol. The summed E-state index contributed by atoms with van der Waals surface area (Å²) in [6.07, 6.45) is 1.67. The number of carbonyl (C=O) groups is 1. The summed E-state index contributed by atoms with van der Waals surface area (Å²) < 4.78 is 6.31. The summed E-state index contributed by atoms with van der Waals surface area (Å²) in [6, 6.07) is 25.0. The number of hydrogen-bond acceptors (Lipinski definition) is 5. The van der Waals surface area contributed by atoms with Gasteiger partial charge < -0.3 is 14.5 Å². The highest BCUT2D eigenvalue weighted by Crippen LogP contribution is 2.44. The molecule has 7 heteroatoms. The molecule has 1 unspecified atom stereocenters. The van der Waals surface area contributed by atoms with E-state index in [4.69, 9.17) is 16.3 Å². The van der Waals surface area contributed by atoms with Crippen molar-refractivity contribution in [1.29, 1.82) is 0 Å². The van der Waals surface area contributed by atoms with Crippen LogP contribution >= 0.6 is 11.6 Å². The second-order valence-electron chi connectivity index (χ2n) is 11.5. The number of nitrogens with one attached hydrogen (secondary N) is 1. The van der Waals surface area contributed by atoms with Gasteiger partial charge in [-0.3, -0.25) is 15.0 Å². The zero-order chi connectivity index (χ0) is 27.5. The van der Waals surface area contributed by atoms with Gasteiger partial charge in [0.1, 0.15) is 0 Å². The van der Waals surface area contributed by atoms with E-state index in [1.54, 1.807) is 0 Å². The molecule has 3 aromatic rings. The Morgan fingerprint density at radius 2 is 1.70 bits per heavy atom. The lowest BCUT2D eigenvalue weighted by Gasteiger charge is -2.39. The molecule has 1 spiro atoms. The molecule has 6 rings (SSSR count). The normalized spacial score (nSPS) is 20.0. The number of likely N-dealkylation sites (tertiary alicyclic amines) is 1. The maximum atomic E-state index is 13.5. The van der Waals surface area contributed by atoms with Gasteiger partial charge in [0.2, 0.25) is 5.91 Å². The van der Waals surface area contributed by atoms with Crippen molar-refractivity contribution in [3.63, 3.8) is 0 Å². The van der Waals surface area contributed by atoms with Gasteiger partial charge in [0, 0.05) is 50.8 Å². The Labute approximate surface area is 242 Å². The molecule has 1 atom stereocenters. The fraction of sp³-hybridized carbons (Fsp3) is 0.424. The number of fused-ring (bicyclic) bond motifs is 2. The molecule has 40 heavy (non-hydrogen) atoms. The molecule has 6 nitrogen and oxygen atoms in total. The first kappa shape index (κ1) is 27.4. The molecule has 2 saturated heterocycles. The van der Waals surface area contributed by atoms with Gasteiger partial charge in [-0.1, -0.05) is 72.3 Å². The second kappa shape index (κ2) is 12.0. The summed E-state index contributed by atoms with van der Waals surface area (Å²) in [5, 5.41) is 4.33. The van der Waals surface area contributed by atoms with Crippen molar-refractivity contribution < 1.29 is 9.53 Å². The zero-order valence-electron chi connectivity index (χ0n) is 23.3. The highest BCUT2D eigenvalue weighted by atomic mass is 35.5. The standard InChI is InChI=1S/C33H39ClN4O2/c1-36-17-19-37(20-18-36)23-26-7-2-4-11-29(26)32(25-9-6-10-28(34)21-25)35-22-31(39)38-15-13-33(14-16-38)30-12-5-3-8-27(30)24-40-33/h2-12,21,32,35H,13-20,22-24H2,1H3. The van der Waals surface area contributed by atoms with Gasteiger partial charge >= 0.3 is 0 Å². The lowest BCUT2D eigenvalue weighted by atomic mass is 9.84. The van der Waals surface area contributed by atoms with E-state index in [9.17, 15) is 4.79 Å². The summed E-state index contributed by atoms with van der Waals surface area (Å²) in [4.78, 5) is 20.4. The van der Waals surface area contributed by atoms with E-state index in [1.165, 1.54) is 22.3 Å². The summed E-state index contributed by atoms with van der Waals surface area (Å²) in [5.41, 5.74) is 5.90. The fourth-order valence-electron chi connectivity index (χ4n) is 6.52.